The van der Waals surface area contributed by atoms with E-state index in [1.807, 2.05) is 0 Å². The lowest BCUT2D eigenvalue weighted by atomic mass is 10.4. The van der Waals surface area contributed by atoms with E-state index in [-0.39, 0.29) is 6.42 Å². The Hall–Kier alpha value is -0.970. The molecule has 1 atom stereocenters. The van der Waals surface area contributed by atoms with Gasteiger partial charge in [0.2, 0.25) is 0 Å². The second-order valence-corrected chi connectivity index (χ2v) is 2.02. The Labute approximate surface area is 71.0 Å². The zero-order chi connectivity index (χ0) is 9.40. The van der Waals surface area contributed by atoms with E-state index >= 15 is 0 Å². The molecule has 12 heavy (non-hydrogen) atoms. The average Bonchev–Trinajstić information content (AvgIpc) is 2.04. The molecule has 0 aromatic heterocycles. The van der Waals surface area contributed by atoms with Crippen LogP contribution in [0.3, 0.4) is 0 Å². The summed E-state index contributed by atoms with van der Waals surface area (Å²) in [7, 11) is 0. The number of carbonyl (C=O) groups excluding carboxylic acids is 1. The van der Waals surface area contributed by atoms with Gasteiger partial charge < -0.3 is 9.47 Å². The van der Waals surface area contributed by atoms with Crippen molar-refractivity contribution in [3.8, 4) is 0 Å². The molecule has 0 radical (unpaired) electrons. The Morgan fingerprint density at radius 3 is 2.50 bits per heavy atom. The maximum atomic E-state index is 10.8. The van der Waals surface area contributed by atoms with Crippen LogP contribution >= 0.6 is 0 Å². The topological polar surface area (TPSA) is 65.0 Å². The molecular weight excluding hydrogens is 162 g/mol. The first kappa shape index (κ1) is 11.0. The van der Waals surface area contributed by atoms with Crippen LogP contribution in [0.5, 0.6) is 0 Å². The molecule has 0 saturated heterocycles. The zero-order valence-electron chi connectivity index (χ0n) is 7.28. The van der Waals surface area contributed by atoms with Crippen molar-refractivity contribution < 1.29 is 14.3 Å². The van der Waals surface area contributed by atoms with Gasteiger partial charge in [0.1, 0.15) is 0 Å². The largest absolute Gasteiger partial charge is 0.466 e. The Morgan fingerprint density at radius 2 is 2.08 bits per heavy atom. The summed E-state index contributed by atoms with van der Waals surface area (Å²) in [6.07, 6.45) is -1.01. The third-order valence-corrected chi connectivity index (χ3v) is 1.12. The lowest BCUT2D eigenvalue weighted by Gasteiger charge is -2.07. The summed E-state index contributed by atoms with van der Waals surface area (Å²) in [6.45, 7) is 4.08. The summed E-state index contributed by atoms with van der Waals surface area (Å²) < 4.78 is 9.43. The second kappa shape index (κ2) is 6.72. The molecule has 0 aliphatic carbocycles. The van der Waals surface area contributed by atoms with E-state index in [9.17, 15) is 9.70 Å². The Morgan fingerprint density at radius 1 is 1.42 bits per heavy atom. The van der Waals surface area contributed by atoms with Gasteiger partial charge in [0.25, 0.3) is 0 Å². The summed E-state index contributed by atoms with van der Waals surface area (Å²) in [4.78, 5) is 20.8. The van der Waals surface area contributed by atoms with E-state index in [0.29, 0.717) is 13.2 Å². The minimum absolute atomic E-state index is 0.106. The standard InChI is InChI=1S/C7H13NO4/c1-3-11-6(8-10)5-7(9)12-4-2/h6H,3-5H2,1-2H3. The summed E-state index contributed by atoms with van der Waals surface area (Å²) in [5, 5.41) is 2.63. The van der Waals surface area contributed by atoms with E-state index in [2.05, 4.69) is 9.91 Å². The molecule has 1 unspecified atom stereocenters. The molecule has 0 aromatic carbocycles. The minimum atomic E-state index is -0.908. The van der Waals surface area contributed by atoms with E-state index in [0.717, 1.165) is 0 Å². The Bertz CT molecular complexity index is 148. The summed E-state index contributed by atoms with van der Waals surface area (Å²) in [5.74, 6) is -0.462. The van der Waals surface area contributed by atoms with Gasteiger partial charge in [0, 0.05) is 6.61 Å². The van der Waals surface area contributed by atoms with Gasteiger partial charge in [-0.25, -0.2) is 0 Å². The van der Waals surface area contributed by atoms with Gasteiger partial charge in [0.05, 0.1) is 13.0 Å². The number of nitrogens with zero attached hydrogens (tertiary/aromatic N) is 1. The fourth-order valence-corrected chi connectivity index (χ4v) is 0.681. The predicted octanol–water partition coefficient (Wildman–Crippen LogP) is 1.07. The average molecular weight is 175 g/mol. The minimum Gasteiger partial charge on any atom is -0.466 e. The summed E-state index contributed by atoms with van der Waals surface area (Å²) in [6, 6.07) is 0. The molecule has 5 nitrogen and oxygen atoms in total. The first-order valence-corrected chi connectivity index (χ1v) is 3.84. The Kier molecular flexibility index (Phi) is 6.18. The third-order valence-electron chi connectivity index (χ3n) is 1.12. The number of hydrogen-bond donors (Lipinski definition) is 0. The lowest BCUT2D eigenvalue weighted by Crippen LogP contribution is -2.16. The van der Waals surface area contributed by atoms with E-state index in [1.54, 1.807) is 13.8 Å². The van der Waals surface area contributed by atoms with Crippen molar-refractivity contribution in [3.63, 3.8) is 0 Å². The highest BCUT2D eigenvalue weighted by atomic mass is 16.5. The van der Waals surface area contributed by atoms with E-state index in [4.69, 9.17) is 4.74 Å². The summed E-state index contributed by atoms with van der Waals surface area (Å²) >= 11 is 0. The monoisotopic (exact) mass is 175 g/mol. The number of nitroso groups, excluding NO2 is 1. The van der Waals surface area contributed by atoms with Crippen LogP contribution in [0.15, 0.2) is 5.18 Å². The van der Waals surface area contributed by atoms with Crippen molar-refractivity contribution >= 4 is 5.97 Å². The highest BCUT2D eigenvalue weighted by Gasteiger charge is 2.14. The van der Waals surface area contributed by atoms with Crippen LogP contribution in [0.25, 0.3) is 0 Å². The molecule has 0 spiro atoms. The van der Waals surface area contributed by atoms with Gasteiger partial charge in [-0.1, -0.05) is 0 Å². The molecule has 5 heteroatoms. The maximum Gasteiger partial charge on any atom is 0.310 e. The van der Waals surface area contributed by atoms with Gasteiger partial charge in [-0.2, -0.15) is 0 Å². The molecule has 70 valence electrons. The zero-order valence-corrected chi connectivity index (χ0v) is 7.28. The molecule has 0 rings (SSSR count). The van der Waals surface area contributed by atoms with Gasteiger partial charge in [-0.05, 0) is 19.0 Å². The number of ether oxygens (including phenoxy) is 2. The van der Waals surface area contributed by atoms with Gasteiger partial charge in [0.15, 0.2) is 6.23 Å². The summed E-state index contributed by atoms with van der Waals surface area (Å²) in [5.41, 5.74) is 0. The maximum absolute atomic E-state index is 10.8. The number of hydrogen-bond acceptors (Lipinski definition) is 5. The van der Waals surface area contributed by atoms with Crippen LogP contribution in [-0.2, 0) is 14.3 Å². The molecule has 0 aliphatic heterocycles. The van der Waals surface area contributed by atoms with Crippen LogP contribution in [0.4, 0.5) is 0 Å². The molecule has 0 aliphatic rings. The molecule has 0 N–H and O–H groups in total. The van der Waals surface area contributed by atoms with Crippen LogP contribution < -0.4 is 0 Å². The number of esters is 1. The fraction of sp³-hybridized carbons (Fsp3) is 0.857. The third kappa shape index (κ3) is 4.79. The van der Waals surface area contributed by atoms with Crippen molar-refractivity contribution in [2.24, 2.45) is 5.18 Å². The first-order valence-electron chi connectivity index (χ1n) is 3.84. The van der Waals surface area contributed by atoms with Crippen molar-refractivity contribution in [1.29, 1.82) is 0 Å². The second-order valence-electron chi connectivity index (χ2n) is 2.02. The van der Waals surface area contributed by atoms with Crippen LogP contribution in [0.1, 0.15) is 20.3 Å². The quantitative estimate of drug-likeness (QED) is 0.447. The molecular formula is C7H13NO4. The smallest absolute Gasteiger partial charge is 0.310 e. The number of carbonyl (C=O) groups is 1. The number of rotatable bonds is 6. The lowest BCUT2D eigenvalue weighted by molar-refractivity contribution is -0.146. The van der Waals surface area contributed by atoms with Crippen molar-refractivity contribution in [3.05, 3.63) is 4.91 Å². The molecule has 0 aromatic rings. The van der Waals surface area contributed by atoms with Gasteiger partial charge >= 0.3 is 5.97 Å². The normalized spacial score (nSPS) is 12.2. The molecule has 0 bridgehead atoms. The van der Waals surface area contributed by atoms with Crippen LogP contribution in [0, 0.1) is 4.91 Å². The van der Waals surface area contributed by atoms with Crippen molar-refractivity contribution in [2.45, 2.75) is 26.5 Å². The highest BCUT2D eigenvalue weighted by molar-refractivity contribution is 5.69. The molecule has 0 saturated carbocycles. The van der Waals surface area contributed by atoms with Crippen molar-refractivity contribution in [1.82, 2.24) is 0 Å². The SMILES string of the molecule is CCOC(=O)CC(N=O)OCC. The van der Waals surface area contributed by atoms with Crippen molar-refractivity contribution in [2.75, 3.05) is 13.2 Å². The van der Waals surface area contributed by atoms with Gasteiger partial charge in [-0.3, -0.25) is 4.79 Å². The highest BCUT2D eigenvalue weighted by Crippen LogP contribution is 2.01. The van der Waals surface area contributed by atoms with Crippen LogP contribution in [-0.4, -0.2) is 25.4 Å². The first-order chi connectivity index (χ1) is 5.74. The fourth-order valence-electron chi connectivity index (χ4n) is 0.681. The molecule has 0 heterocycles. The van der Waals surface area contributed by atoms with E-state index in [1.165, 1.54) is 0 Å². The van der Waals surface area contributed by atoms with E-state index < -0.39 is 12.2 Å². The predicted molar refractivity (Wildman–Crippen MR) is 42.5 cm³/mol. The molecule has 0 fully saturated rings. The van der Waals surface area contributed by atoms with Gasteiger partial charge in [-0.15, -0.1) is 4.91 Å². The van der Waals surface area contributed by atoms with Crippen LogP contribution in [0.2, 0.25) is 0 Å². The molecule has 0 amide bonds. The Balaban J connectivity index is 3.68.